The Morgan fingerprint density at radius 1 is 1.20 bits per heavy atom. The lowest BCUT2D eigenvalue weighted by Crippen LogP contribution is -2.47. The van der Waals surface area contributed by atoms with Crippen LogP contribution in [0.3, 0.4) is 0 Å². The Kier molecular flexibility index (Phi) is 5.91. The highest BCUT2D eigenvalue weighted by Gasteiger charge is 2.37. The number of carbonyl (C=O) groups excluding carboxylic acids is 2. The molecule has 2 aliphatic rings. The van der Waals surface area contributed by atoms with Crippen LogP contribution in [0.2, 0.25) is 0 Å². The van der Waals surface area contributed by atoms with Gasteiger partial charge in [-0.15, -0.1) is 0 Å². The van der Waals surface area contributed by atoms with E-state index in [-0.39, 0.29) is 18.0 Å². The molecule has 1 unspecified atom stereocenters. The van der Waals surface area contributed by atoms with Crippen molar-refractivity contribution in [2.45, 2.75) is 31.7 Å². The Morgan fingerprint density at radius 3 is 2.64 bits per heavy atom. The zero-order valence-corrected chi connectivity index (χ0v) is 15.0. The predicted octanol–water partition coefficient (Wildman–Crippen LogP) is 1.92. The van der Waals surface area contributed by atoms with E-state index in [2.05, 4.69) is 10.2 Å². The fraction of sp³-hybridized carbons (Fsp3) is 0.579. The van der Waals surface area contributed by atoms with E-state index < -0.39 is 0 Å². The molecule has 1 atom stereocenters. The molecule has 2 heterocycles. The zero-order valence-electron chi connectivity index (χ0n) is 15.0. The molecule has 2 fully saturated rings. The molecule has 6 nitrogen and oxygen atoms in total. The van der Waals surface area contributed by atoms with Gasteiger partial charge < -0.3 is 20.0 Å². The van der Waals surface area contributed by atoms with Crippen molar-refractivity contribution in [1.29, 1.82) is 0 Å². The van der Waals surface area contributed by atoms with Crippen LogP contribution in [0.15, 0.2) is 30.3 Å². The highest BCUT2D eigenvalue weighted by atomic mass is 16.2. The molecule has 0 spiro atoms. The third-order valence-electron chi connectivity index (χ3n) is 5.16. The number of rotatable bonds is 6. The van der Waals surface area contributed by atoms with Gasteiger partial charge in [-0.1, -0.05) is 18.2 Å². The quantitative estimate of drug-likeness (QED) is 0.802. The summed E-state index contributed by atoms with van der Waals surface area (Å²) in [5, 5.41) is 2.95. The van der Waals surface area contributed by atoms with Gasteiger partial charge in [-0.3, -0.25) is 4.79 Å². The van der Waals surface area contributed by atoms with Gasteiger partial charge in [0.15, 0.2) is 0 Å². The van der Waals surface area contributed by atoms with E-state index in [0.29, 0.717) is 19.5 Å². The van der Waals surface area contributed by atoms with Crippen LogP contribution >= 0.6 is 0 Å². The summed E-state index contributed by atoms with van der Waals surface area (Å²) < 4.78 is 0. The number of nitrogens with zero attached hydrogens (tertiary/aromatic N) is 3. The van der Waals surface area contributed by atoms with Crippen molar-refractivity contribution < 1.29 is 9.59 Å². The molecule has 0 bridgehead atoms. The number of hydrogen-bond acceptors (Lipinski definition) is 3. The van der Waals surface area contributed by atoms with Crippen LogP contribution < -0.4 is 10.2 Å². The summed E-state index contributed by atoms with van der Waals surface area (Å²) in [5.74, 6) is 0.000849. The lowest BCUT2D eigenvalue weighted by Gasteiger charge is -2.24. The summed E-state index contributed by atoms with van der Waals surface area (Å²) in [4.78, 5) is 30.8. The molecule has 3 amide bonds. The van der Waals surface area contributed by atoms with Gasteiger partial charge in [0.1, 0.15) is 6.04 Å². The second-order valence-corrected chi connectivity index (χ2v) is 6.88. The second kappa shape index (κ2) is 8.34. The van der Waals surface area contributed by atoms with Crippen LogP contribution in [0.4, 0.5) is 10.5 Å². The summed E-state index contributed by atoms with van der Waals surface area (Å²) in [6.07, 6.45) is 4.20. The molecule has 1 N–H and O–H groups in total. The third kappa shape index (κ3) is 4.31. The largest absolute Gasteiger partial charge is 0.338 e. The number of likely N-dealkylation sites (N-methyl/N-ethyl adjacent to an activating group) is 1. The summed E-state index contributed by atoms with van der Waals surface area (Å²) >= 11 is 0. The van der Waals surface area contributed by atoms with Gasteiger partial charge in [-0.25, -0.2) is 4.79 Å². The average Bonchev–Trinajstić information content (AvgIpc) is 3.28. The molecule has 6 heteroatoms. The van der Waals surface area contributed by atoms with Crippen molar-refractivity contribution in [2.75, 3.05) is 44.7 Å². The zero-order chi connectivity index (χ0) is 17.6. The van der Waals surface area contributed by atoms with Gasteiger partial charge in [0.25, 0.3) is 0 Å². The number of nitrogens with one attached hydrogen (secondary N) is 1. The molecule has 1 aromatic carbocycles. The minimum absolute atomic E-state index is 0.000849. The van der Waals surface area contributed by atoms with Crippen LogP contribution in [0.25, 0.3) is 0 Å². The SMILES string of the molecule is CN(C(=O)NCCCN1CCCC1)C1CCN(c2ccccc2)C1=O. The molecule has 25 heavy (non-hydrogen) atoms. The third-order valence-corrected chi connectivity index (χ3v) is 5.16. The summed E-state index contributed by atoms with van der Waals surface area (Å²) in [5.41, 5.74) is 0.898. The number of anilines is 1. The Hall–Kier alpha value is -2.08. The molecule has 1 aromatic rings. The fourth-order valence-electron chi connectivity index (χ4n) is 3.66. The molecular formula is C19H28N4O2. The van der Waals surface area contributed by atoms with Crippen molar-refractivity contribution in [1.82, 2.24) is 15.1 Å². The summed E-state index contributed by atoms with van der Waals surface area (Å²) in [6, 6.07) is 9.11. The number of amides is 3. The summed E-state index contributed by atoms with van der Waals surface area (Å²) in [7, 11) is 1.72. The van der Waals surface area contributed by atoms with E-state index in [1.54, 1.807) is 16.8 Å². The number of para-hydroxylation sites is 1. The minimum Gasteiger partial charge on any atom is -0.338 e. The maximum Gasteiger partial charge on any atom is 0.317 e. The summed E-state index contributed by atoms with van der Waals surface area (Å²) in [6.45, 7) is 4.71. The highest BCUT2D eigenvalue weighted by molar-refractivity contribution is 6.01. The van der Waals surface area contributed by atoms with Gasteiger partial charge in [-0.05, 0) is 57.5 Å². The lowest BCUT2D eigenvalue weighted by atomic mass is 10.2. The molecule has 0 radical (unpaired) electrons. The molecule has 136 valence electrons. The van der Waals surface area contributed by atoms with E-state index in [1.165, 1.54) is 25.9 Å². The maximum atomic E-state index is 12.7. The topological polar surface area (TPSA) is 55.9 Å². The highest BCUT2D eigenvalue weighted by Crippen LogP contribution is 2.23. The number of likely N-dealkylation sites (tertiary alicyclic amines) is 1. The van der Waals surface area contributed by atoms with Crippen LogP contribution in [-0.4, -0.2) is 67.6 Å². The number of benzene rings is 1. The lowest BCUT2D eigenvalue weighted by molar-refractivity contribution is -0.120. The maximum absolute atomic E-state index is 12.7. The Balaban J connectivity index is 1.44. The fourth-order valence-corrected chi connectivity index (χ4v) is 3.66. The van der Waals surface area contributed by atoms with Gasteiger partial charge >= 0.3 is 6.03 Å². The van der Waals surface area contributed by atoms with Gasteiger partial charge in [-0.2, -0.15) is 0 Å². The number of carbonyl (C=O) groups is 2. The molecule has 0 aliphatic carbocycles. The van der Waals surface area contributed by atoms with Crippen LogP contribution in [0, 0.1) is 0 Å². The molecule has 0 saturated carbocycles. The first-order valence-corrected chi connectivity index (χ1v) is 9.26. The van der Waals surface area contributed by atoms with E-state index in [0.717, 1.165) is 18.7 Å². The molecule has 0 aromatic heterocycles. The smallest absolute Gasteiger partial charge is 0.317 e. The van der Waals surface area contributed by atoms with Gasteiger partial charge in [0.05, 0.1) is 0 Å². The van der Waals surface area contributed by atoms with Crippen molar-refractivity contribution in [2.24, 2.45) is 0 Å². The Bertz CT molecular complexity index is 586. The Labute approximate surface area is 149 Å². The molecule has 3 rings (SSSR count). The first-order chi connectivity index (χ1) is 12.2. The van der Waals surface area contributed by atoms with Crippen LogP contribution in [0.5, 0.6) is 0 Å². The van der Waals surface area contributed by atoms with Crippen molar-refractivity contribution in [3.63, 3.8) is 0 Å². The van der Waals surface area contributed by atoms with E-state index in [9.17, 15) is 9.59 Å². The first kappa shape index (κ1) is 17.7. The molecule has 2 aliphatic heterocycles. The molecule has 2 saturated heterocycles. The van der Waals surface area contributed by atoms with Crippen LogP contribution in [-0.2, 0) is 4.79 Å². The van der Waals surface area contributed by atoms with Crippen molar-refractivity contribution >= 4 is 17.6 Å². The van der Waals surface area contributed by atoms with E-state index >= 15 is 0 Å². The second-order valence-electron chi connectivity index (χ2n) is 6.88. The van der Waals surface area contributed by atoms with Crippen molar-refractivity contribution in [3.8, 4) is 0 Å². The molecular weight excluding hydrogens is 316 g/mol. The monoisotopic (exact) mass is 344 g/mol. The van der Waals surface area contributed by atoms with Gasteiger partial charge in [0.2, 0.25) is 5.91 Å². The average molecular weight is 344 g/mol. The number of urea groups is 1. The van der Waals surface area contributed by atoms with E-state index in [4.69, 9.17) is 0 Å². The van der Waals surface area contributed by atoms with Gasteiger partial charge in [0, 0.05) is 25.8 Å². The van der Waals surface area contributed by atoms with Crippen LogP contribution in [0.1, 0.15) is 25.7 Å². The first-order valence-electron chi connectivity index (χ1n) is 9.26. The van der Waals surface area contributed by atoms with Crippen molar-refractivity contribution in [3.05, 3.63) is 30.3 Å². The minimum atomic E-state index is -0.376. The normalized spacial score (nSPS) is 20.9. The predicted molar refractivity (Wildman–Crippen MR) is 98.7 cm³/mol. The Morgan fingerprint density at radius 2 is 1.92 bits per heavy atom. The number of hydrogen-bond donors (Lipinski definition) is 1. The van der Waals surface area contributed by atoms with E-state index in [1.807, 2.05) is 30.3 Å². The standard InChI is InChI=1S/C19H28N4O2/c1-21(19(25)20-11-7-14-22-12-5-6-13-22)17-10-15-23(18(17)24)16-8-3-2-4-9-16/h2-4,8-9,17H,5-7,10-15H2,1H3,(H,20,25).